The average molecular weight is 410 g/mol. The SMILES string of the molecule is Cc1ccc(NC(=O)NC(=O)C[NH+]2CCC[C@@H]2c2nc3ccccc3s2)c(C)c1. The summed E-state index contributed by atoms with van der Waals surface area (Å²) in [6.07, 6.45) is 2.06. The number of aryl methyl sites for hydroxylation is 2. The van der Waals surface area contributed by atoms with Crippen molar-refractivity contribution >= 4 is 39.2 Å². The zero-order chi connectivity index (χ0) is 20.4. The van der Waals surface area contributed by atoms with Crippen molar-refractivity contribution in [2.24, 2.45) is 0 Å². The fraction of sp³-hybridized carbons (Fsp3) is 0.318. The number of nitrogens with one attached hydrogen (secondary N) is 3. The molecule has 0 spiro atoms. The number of hydrogen-bond donors (Lipinski definition) is 3. The lowest BCUT2D eigenvalue weighted by Crippen LogP contribution is -3.11. The van der Waals surface area contributed by atoms with Crippen LogP contribution >= 0.6 is 11.3 Å². The van der Waals surface area contributed by atoms with Crippen LogP contribution in [0.1, 0.15) is 35.0 Å². The summed E-state index contributed by atoms with van der Waals surface area (Å²) in [5.74, 6) is -0.268. The minimum atomic E-state index is -0.489. The van der Waals surface area contributed by atoms with E-state index in [1.165, 1.54) is 9.60 Å². The number of hydrogen-bond acceptors (Lipinski definition) is 4. The summed E-state index contributed by atoms with van der Waals surface area (Å²) in [6, 6.07) is 13.6. The van der Waals surface area contributed by atoms with Crippen LogP contribution in [0.15, 0.2) is 42.5 Å². The summed E-state index contributed by atoms with van der Waals surface area (Å²) in [5.41, 5.74) is 3.81. The molecule has 1 fully saturated rings. The molecule has 2 atom stereocenters. The summed E-state index contributed by atoms with van der Waals surface area (Å²) in [5, 5.41) is 6.31. The number of thiazole rings is 1. The number of carbonyl (C=O) groups excluding carboxylic acids is 2. The fourth-order valence-corrected chi connectivity index (χ4v) is 5.11. The van der Waals surface area contributed by atoms with Gasteiger partial charge in [0, 0.05) is 18.5 Å². The first-order valence-electron chi connectivity index (χ1n) is 9.88. The fourth-order valence-electron chi connectivity index (χ4n) is 3.94. The highest BCUT2D eigenvalue weighted by Gasteiger charge is 2.34. The normalized spacial score (nSPS) is 18.7. The molecule has 1 aliphatic rings. The smallest absolute Gasteiger partial charge is 0.319 e. The van der Waals surface area contributed by atoms with Gasteiger partial charge in [-0.05, 0) is 37.6 Å². The van der Waals surface area contributed by atoms with Crippen LogP contribution < -0.4 is 15.5 Å². The van der Waals surface area contributed by atoms with Gasteiger partial charge in [-0.1, -0.05) is 29.8 Å². The molecular formula is C22H25N4O2S+. The third kappa shape index (κ3) is 4.46. The average Bonchev–Trinajstić information content (AvgIpc) is 3.30. The number of fused-ring (bicyclic) bond motifs is 1. The first-order chi connectivity index (χ1) is 14.0. The lowest BCUT2D eigenvalue weighted by Gasteiger charge is -2.19. The number of urea groups is 1. The molecule has 1 aromatic heterocycles. The van der Waals surface area contributed by atoms with Crippen molar-refractivity contribution in [3.05, 3.63) is 58.6 Å². The second-order valence-electron chi connectivity index (χ2n) is 7.62. The molecule has 4 rings (SSSR count). The lowest BCUT2D eigenvalue weighted by molar-refractivity contribution is -0.910. The number of likely N-dealkylation sites (tertiary alicyclic amines) is 1. The Hall–Kier alpha value is -2.77. The topological polar surface area (TPSA) is 75.5 Å². The van der Waals surface area contributed by atoms with Gasteiger partial charge in [0.2, 0.25) is 0 Å². The number of rotatable bonds is 4. The van der Waals surface area contributed by atoms with E-state index in [1.54, 1.807) is 11.3 Å². The first-order valence-corrected chi connectivity index (χ1v) is 10.7. The first kappa shape index (κ1) is 19.5. The number of nitrogens with zero attached hydrogens (tertiary/aromatic N) is 1. The second kappa shape index (κ2) is 8.31. The summed E-state index contributed by atoms with van der Waals surface area (Å²) < 4.78 is 1.17. The van der Waals surface area contributed by atoms with Gasteiger partial charge in [0.25, 0.3) is 5.91 Å². The highest BCUT2D eigenvalue weighted by Crippen LogP contribution is 2.28. The van der Waals surface area contributed by atoms with E-state index in [0.29, 0.717) is 5.69 Å². The maximum atomic E-state index is 12.5. The Bertz CT molecular complexity index is 1030. The number of benzene rings is 2. The molecule has 2 aromatic carbocycles. The van der Waals surface area contributed by atoms with Crippen molar-refractivity contribution in [1.29, 1.82) is 0 Å². The Balaban J connectivity index is 1.37. The summed E-state index contributed by atoms with van der Waals surface area (Å²) in [6.45, 7) is 5.11. The number of carbonyl (C=O) groups is 2. The van der Waals surface area contributed by atoms with Crippen molar-refractivity contribution in [2.45, 2.75) is 32.7 Å². The maximum absolute atomic E-state index is 12.5. The number of aromatic nitrogens is 1. The molecule has 2 heterocycles. The van der Waals surface area contributed by atoms with E-state index in [4.69, 9.17) is 4.98 Å². The number of imide groups is 1. The van der Waals surface area contributed by atoms with Gasteiger partial charge in [0.05, 0.1) is 16.8 Å². The monoisotopic (exact) mass is 409 g/mol. The molecule has 0 aliphatic carbocycles. The van der Waals surface area contributed by atoms with Crippen molar-refractivity contribution < 1.29 is 14.5 Å². The Morgan fingerprint density at radius 3 is 2.83 bits per heavy atom. The summed E-state index contributed by atoms with van der Waals surface area (Å²) in [4.78, 5) is 30.7. The molecule has 1 unspecified atom stereocenters. The van der Waals surface area contributed by atoms with Crippen LogP contribution in [-0.2, 0) is 4.79 Å². The quantitative estimate of drug-likeness (QED) is 0.620. The van der Waals surface area contributed by atoms with Gasteiger partial charge < -0.3 is 10.2 Å². The van der Waals surface area contributed by atoms with E-state index in [1.807, 2.05) is 50.2 Å². The van der Waals surface area contributed by atoms with Crippen LogP contribution in [0.2, 0.25) is 0 Å². The molecule has 3 N–H and O–H groups in total. The summed E-state index contributed by atoms with van der Waals surface area (Å²) >= 11 is 1.70. The van der Waals surface area contributed by atoms with Gasteiger partial charge in [-0.15, -0.1) is 11.3 Å². The Kier molecular flexibility index (Phi) is 5.60. The molecule has 6 nitrogen and oxygen atoms in total. The molecule has 0 bridgehead atoms. The number of para-hydroxylation sites is 1. The van der Waals surface area contributed by atoms with Crippen LogP contribution in [0.5, 0.6) is 0 Å². The van der Waals surface area contributed by atoms with E-state index in [2.05, 4.69) is 16.7 Å². The molecule has 7 heteroatoms. The van der Waals surface area contributed by atoms with Crippen LogP contribution in [-0.4, -0.2) is 30.0 Å². The van der Waals surface area contributed by atoms with Gasteiger partial charge >= 0.3 is 6.03 Å². The molecule has 0 radical (unpaired) electrons. The number of anilines is 1. The van der Waals surface area contributed by atoms with Crippen molar-refractivity contribution in [3.63, 3.8) is 0 Å². The third-order valence-corrected chi connectivity index (χ3v) is 6.51. The molecule has 3 amide bonds. The highest BCUT2D eigenvalue weighted by molar-refractivity contribution is 7.18. The molecule has 150 valence electrons. The third-order valence-electron chi connectivity index (χ3n) is 5.36. The zero-order valence-electron chi connectivity index (χ0n) is 16.6. The van der Waals surface area contributed by atoms with Gasteiger partial charge in [0.15, 0.2) is 11.6 Å². The minimum Gasteiger partial charge on any atom is -0.319 e. The highest BCUT2D eigenvalue weighted by atomic mass is 32.1. The van der Waals surface area contributed by atoms with E-state index >= 15 is 0 Å². The van der Waals surface area contributed by atoms with Crippen LogP contribution in [0, 0.1) is 13.8 Å². The number of amides is 3. The maximum Gasteiger partial charge on any atom is 0.326 e. The second-order valence-corrected chi connectivity index (χ2v) is 8.68. The standard InChI is InChI=1S/C22H24N4O2S/c1-14-9-10-16(15(2)12-14)24-22(28)25-20(27)13-26-11-5-7-18(26)21-23-17-6-3-4-8-19(17)29-21/h3-4,6,8-10,12,18H,5,7,11,13H2,1-2H3,(H2,24,25,27,28)/p+1/t18-/m1/s1. The molecule has 1 aliphatic heterocycles. The van der Waals surface area contributed by atoms with Crippen molar-refractivity contribution in [2.75, 3.05) is 18.4 Å². The van der Waals surface area contributed by atoms with Gasteiger partial charge in [0.1, 0.15) is 6.04 Å². The van der Waals surface area contributed by atoms with Crippen LogP contribution in [0.3, 0.4) is 0 Å². The van der Waals surface area contributed by atoms with E-state index < -0.39 is 6.03 Å². The van der Waals surface area contributed by atoms with E-state index in [0.717, 1.165) is 41.0 Å². The molecule has 3 aromatic rings. The van der Waals surface area contributed by atoms with Crippen molar-refractivity contribution in [3.8, 4) is 0 Å². The van der Waals surface area contributed by atoms with E-state index in [-0.39, 0.29) is 18.5 Å². The Morgan fingerprint density at radius 1 is 1.21 bits per heavy atom. The molecular weight excluding hydrogens is 384 g/mol. The molecule has 1 saturated heterocycles. The van der Waals surface area contributed by atoms with Gasteiger partial charge in [-0.25, -0.2) is 9.78 Å². The zero-order valence-corrected chi connectivity index (χ0v) is 17.4. The predicted molar refractivity (Wildman–Crippen MR) is 115 cm³/mol. The lowest BCUT2D eigenvalue weighted by atomic mass is 10.1. The number of quaternary nitrogens is 1. The van der Waals surface area contributed by atoms with Gasteiger partial charge in [-0.3, -0.25) is 10.1 Å². The van der Waals surface area contributed by atoms with Gasteiger partial charge in [-0.2, -0.15) is 0 Å². The minimum absolute atomic E-state index is 0.209. The largest absolute Gasteiger partial charge is 0.326 e. The van der Waals surface area contributed by atoms with Crippen LogP contribution in [0.4, 0.5) is 10.5 Å². The summed E-state index contributed by atoms with van der Waals surface area (Å²) in [7, 11) is 0. The Labute approximate surface area is 173 Å². The van der Waals surface area contributed by atoms with E-state index in [9.17, 15) is 9.59 Å². The predicted octanol–water partition coefficient (Wildman–Crippen LogP) is 2.98. The molecule has 0 saturated carbocycles. The van der Waals surface area contributed by atoms with Crippen molar-refractivity contribution in [1.82, 2.24) is 10.3 Å². The Morgan fingerprint density at radius 2 is 2.03 bits per heavy atom. The molecule has 29 heavy (non-hydrogen) atoms. The van der Waals surface area contributed by atoms with Crippen LogP contribution in [0.25, 0.3) is 10.2 Å².